The second-order valence-corrected chi connectivity index (χ2v) is 9.75. The van der Waals surface area contributed by atoms with Crippen molar-refractivity contribution in [2.24, 2.45) is 0 Å². The SMILES string of the molecule is COc1ccc(C(=O)Nc2ccccc2SCC(F)(F)F)cc1S(=O)(=O)N1CCCC1. The lowest BCUT2D eigenvalue weighted by molar-refractivity contribution is -0.105. The van der Waals surface area contributed by atoms with E-state index in [0.717, 1.165) is 12.8 Å². The normalized spacial score (nSPS) is 15.1. The highest BCUT2D eigenvalue weighted by molar-refractivity contribution is 7.99. The van der Waals surface area contributed by atoms with Crippen molar-refractivity contribution >= 4 is 33.4 Å². The molecule has 0 radical (unpaired) electrons. The summed E-state index contributed by atoms with van der Waals surface area (Å²) in [5.74, 6) is -1.62. The van der Waals surface area contributed by atoms with Gasteiger partial charge in [0.05, 0.1) is 18.6 Å². The number of anilines is 1. The number of alkyl halides is 3. The van der Waals surface area contributed by atoms with Gasteiger partial charge in [0.1, 0.15) is 10.6 Å². The van der Waals surface area contributed by atoms with Gasteiger partial charge in [0.2, 0.25) is 10.0 Å². The second-order valence-electron chi connectivity index (χ2n) is 6.83. The number of methoxy groups -OCH3 is 1. The molecule has 1 N–H and O–H groups in total. The summed E-state index contributed by atoms with van der Waals surface area (Å²) in [5.41, 5.74) is 0.260. The molecule has 168 valence electrons. The van der Waals surface area contributed by atoms with Crippen LogP contribution < -0.4 is 10.1 Å². The predicted octanol–water partition coefficient (Wildman–Crippen LogP) is 4.39. The van der Waals surface area contributed by atoms with Crippen molar-refractivity contribution in [3.63, 3.8) is 0 Å². The molecule has 1 aliphatic rings. The Morgan fingerprint density at radius 2 is 1.84 bits per heavy atom. The van der Waals surface area contributed by atoms with Gasteiger partial charge in [-0.3, -0.25) is 4.79 Å². The molecule has 0 bridgehead atoms. The number of ether oxygens (including phenoxy) is 1. The number of hydrogen-bond donors (Lipinski definition) is 1. The lowest BCUT2D eigenvalue weighted by Gasteiger charge is -2.18. The number of hydrogen-bond acceptors (Lipinski definition) is 5. The van der Waals surface area contributed by atoms with Crippen molar-refractivity contribution in [3.8, 4) is 5.75 Å². The van der Waals surface area contributed by atoms with E-state index < -0.39 is 27.9 Å². The number of sulfonamides is 1. The molecule has 1 amide bonds. The number of nitrogens with zero attached hydrogens (tertiary/aromatic N) is 1. The number of para-hydroxylation sites is 1. The van der Waals surface area contributed by atoms with Crippen molar-refractivity contribution in [1.82, 2.24) is 4.31 Å². The first kappa shape index (κ1) is 23.4. The molecule has 3 rings (SSSR count). The smallest absolute Gasteiger partial charge is 0.398 e. The molecule has 6 nitrogen and oxygen atoms in total. The molecule has 0 aliphatic carbocycles. The van der Waals surface area contributed by atoms with Gasteiger partial charge in [-0.25, -0.2) is 8.42 Å². The Balaban J connectivity index is 1.87. The molecule has 31 heavy (non-hydrogen) atoms. The molecular weight excluding hydrogens is 453 g/mol. The van der Waals surface area contributed by atoms with Crippen molar-refractivity contribution in [1.29, 1.82) is 0 Å². The summed E-state index contributed by atoms with van der Waals surface area (Å²) in [6.45, 7) is 0.789. The zero-order valence-electron chi connectivity index (χ0n) is 16.6. The average Bonchev–Trinajstić information content (AvgIpc) is 3.28. The molecule has 2 aromatic carbocycles. The van der Waals surface area contributed by atoms with Crippen LogP contribution >= 0.6 is 11.8 Å². The fraction of sp³-hybridized carbons (Fsp3) is 0.350. The maximum Gasteiger partial charge on any atom is 0.398 e. The summed E-state index contributed by atoms with van der Waals surface area (Å²) in [4.78, 5) is 12.9. The molecule has 11 heteroatoms. The topological polar surface area (TPSA) is 75.7 Å². The Morgan fingerprint density at radius 3 is 2.48 bits per heavy atom. The summed E-state index contributed by atoms with van der Waals surface area (Å²) in [5, 5.41) is 2.57. The second kappa shape index (κ2) is 9.49. The highest BCUT2D eigenvalue weighted by Gasteiger charge is 2.31. The van der Waals surface area contributed by atoms with Crippen molar-refractivity contribution in [2.45, 2.75) is 28.8 Å². The third-order valence-corrected chi connectivity index (χ3v) is 7.69. The van der Waals surface area contributed by atoms with Crippen LogP contribution in [0.15, 0.2) is 52.3 Å². The zero-order valence-corrected chi connectivity index (χ0v) is 18.2. The molecule has 0 unspecified atom stereocenters. The lowest BCUT2D eigenvalue weighted by Crippen LogP contribution is -2.28. The first-order valence-electron chi connectivity index (χ1n) is 9.40. The number of rotatable bonds is 7. The first-order valence-corrected chi connectivity index (χ1v) is 11.8. The molecule has 1 saturated heterocycles. The van der Waals surface area contributed by atoms with E-state index in [9.17, 15) is 26.4 Å². The summed E-state index contributed by atoms with van der Waals surface area (Å²) in [6, 6.07) is 10.1. The fourth-order valence-corrected chi connectivity index (χ4v) is 5.60. The summed E-state index contributed by atoms with van der Waals surface area (Å²) >= 11 is 0.559. The average molecular weight is 475 g/mol. The maximum absolute atomic E-state index is 13.0. The number of halogens is 3. The van der Waals surface area contributed by atoms with Crippen LogP contribution in [0.3, 0.4) is 0 Å². The third kappa shape index (κ3) is 5.72. The molecule has 0 atom stereocenters. The van der Waals surface area contributed by atoms with Gasteiger partial charge in [-0.1, -0.05) is 12.1 Å². The molecule has 0 aromatic heterocycles. The van der Waals surface area contributed by atoms with Gasteiger partial charge in [-0.05, 0) is 43.2 Å². The van der Waals surface area contributed by atoms with E-state index in [-0.39, 0.29) is 26.8 Å². The number of carbonyl (C=O) groups is 1. The van der Waals surface area contributed by atoms with Crippen LogP contribution in [0, 0.1) is 0 Å². The van der Waals surface area contributed by atoms with Crippen molar-refractivity contribution < 1.29 is 31.1 Å². The minimum atomic E-state index is -4.35. The maximum atomic E-state index is 13.0. The molecule has 1 aliphatic heterocycles. The van der Waals surface area contributed by atoms with E-state index in [4.69, 9.17) is 4.74 Å². The molecule has 0 spiro atoms. The summed E-state index contributed by atoms with van der Waals surface area (Å²) < 4.78 is 70.2. The lowest BCUT2D eigenvalue weighted by atomic mass is 10.2. The number of benzene rings is 2. The number of thioether (sulfide) groups is 1. The van der Waals surface area contributed by atoms with Crippen molar-refractivity contribution in [3.05, 3.63) is 48.0 Å². The molecule has 1 fully saturated rings. The molecule has 1 heterocycles. The highest BCUT2D eigenvalue weighted by atomic mass is 32.2. The van der Waals surface area contributed by atoms with E-state index in [1.54, 1.807) is 12.1 Å². The van der Waals surface area contributed by atoms with Gasteiger partial charge in [0.15, 0.2) is 0 Å². The number of nitrogens with one attached hydrogen (secondary N) is 1. The Kier molecular flexibility index (Phi) is 7.17. The molecule has 2 aromatic rings. The highest BCUT2D eigenvalue weighted by Crippen LogP contribution is 2.33. The van der Waals surface area contributed by atoms with E-state index in [1.807, 2.05) is 0 Å². The van der Waals surface area contributed by atoms with Crippen LogP contribution in [-0.4, -0.2) is 50.8 Å². The van der Waals surface area contributed by atoms with Gasteiger partial charge in [0.25, 0.3) is 5.91 Å². The van der Waals surface area contributed by atoms with E-state index in [1.165, 1.54) is 41.7 Å². The van der Waals surface area contributed by atoms with Gasteiger partial charge in [-0.2, -0.15) is 17.5 Å². The number of amides is 1. The fourth-order valence-electron chi connectivity index (χ4n) is 3.14. The Labute approximate surface area is 182 Å². The first-order chi connectivity index (χ1) is 14.6. The molecular formula is C20H21F3N2O4S2. The third-order valence-electron chi connectivity index (χ3n) is 4.64. The van der Waals surface area contributed by atoms with Gasteiger partial charge < -0.3 is 10.1 Å². The van der Waals surface area contributed by atoms with E-state index in [2.05, 4.69) is 5.32 Å². The molecule has 0 saturated carbocycles. The van der Waals surface area contributed by atoms with Crippen molar-refractivity contribution in [2.75, 3.05) is 31.3 Å². The van der Waals surface area contributed by atoms with Gasteiger partial charge >= 0.3 is 6.18 Å². The van der Waals surface area contributed by atoms with Crippen LogP contribution in [-0.2, 0) is 10.0 Å². The largest absolute Gasteiger partial charge is 0.495 e. The Morgan fingerprint density at radius 1 is 1.16 bits per heavy atom. The standard InChI is InChI=1S/C20H21F3N2O4S2/c1-29-16-9-8-14(12-18(16)31(27,28)25-10-4-5-11-25)19(26)24-15-6-2-3-7-17(15)30-13-20(21,22)23/h2-3,6-9,12H,4-5,10-11,13H2,1H3,(H,24,26). The monoisotopic (exact) mass is 474 g/mol. The summed E-state index contributed by atoms with van der Waals surface area (Å²) in [7, 11) is -2.50. The van der Waals surface area contributed by atoms with E-state index in [0.29, 0.717) is 24.9 Å². The van der Waals surface area contributed by atoms with E-state index >= 15 is 0 Å². The number of carbonyl (C=O) groups excluding carboxylic acids is 1. The predicted molar refractivity (Wildman–Crippen MR) is 112 cm³/mol. The minimum Gasteiger partial charge on any atom is -0.495 e. The quantitative estimate of drug-likeness (QED) is 0.603. The van der Waals surface area contributed by atoms with Crippen LogP contribution in [0.5, 0.6) is 5.75 Å². The zero-order chi connectivity index (χ0) is 22.6. The van der Waals surface area contributed by atoms with Crippen LogP contribution in [0.2, 0.25) is 0 Å². The Bertz CT molecular complexity index is 1050. The van der Waals surface area contributed by atoms with Gasteiger partial charge in [0, 0.05) is 23.5 Å². The Hall–Kier alpha value is -2.24. The summed E-state index contributed by atoms with van der Waals surface area (Å²) in [6.07, 6.45) is -2.83. The minimum absolute atomic E-state index is 0.0502. The van der Waals surface area contributed by atoms with Gasteiger partial charge in [-0.15, -0.1) is 11.8 Å². The van der Waals surface area contributed by atoms with Crippen LogP contribution in [0.25, 0.3) is 0 Å². The van der Waals surface area contributed by atoms with Crippen LogP contribution in [0.4, 0.5) is 18.9 Å². The van der Waals surface area contributed by atoms with Crippen LogP contribution in [0.1, 0.15) is 23.2 Å².